The average Bonchev–Trinajstić information content (AvgIpc) is 3.42. The molecule has 2 aromatic carbocycles. The third-order valence-corrected chi connectivity index (χ3v) is 8.94. The molecule has 2 aliphatic carbocycles. The highest BCUT2D eigenvalue weighted by atomic mass is 32.2. The van der Waals surface area contributed by atoms with Gasteiger partial charge in [-0.2, -0.15) is 0 Å². The minimum absolute atomic E-state index is 0.154. The molecule has 0 unspecified atom stereocenters. The molecule has 1 aromatic heterocycles. The van der Waals surface area contributed by atoms with E-state index in [0.29, 0.717) is 12.1 Å². The number of nitrogens with zero attached hydrogens (tertiary/aromatic N) is 3. The lowest BCUT2D eigenvalue weighted by molar-refractivity contribution is -0.124. The zero-order chi connectivity index (χ0) is 24.3. The van der Waals surface area contributed by atoms with Crippen LogP contribution in [-0.2, 0) is 11.3 Å². The first-order valence-corrected chi connectivity index (χ1v) is 14.5. The van der Waals surface area contributed by atoms with Gasteiger partial charge in [0, 0.05) is 35.2 Å². The summed E-state index contributed by atoms with van der Waals surface area (Å²) in [6.45, 7) is 0.814. The number of carbonyl (C=O) groups excluding carboxylic acids is 1. The number of fused-ring (bicyclic) bond motifs is 1. The molecule has 1 amide bonds. The highest BCUT2D eigenvalue weighted by Crippen LogP contribution is 2.39. The molecule has 4 nitrogen and oxygen atoms in total. The molecule has 3 aliphatic rings. The Bertz CT molecular complexity index is 1280. The Morgan fingerprint density at radius 1 is 0.861 bits per heavy atom. The molecule has 0 N–H and O–H groups in total. The van der Waals surface area contributed by atoms with Crippen LogP contribution >= 0.6 is 11.8 Å². The van der Waals surface area contributed by atoms with Gasteiger partial charge < -0.3 is 4.57 Å². The zero-order valence-corrected chi connectivity index (χ0v) is 21.8. The molecule has 5 heteroatoms. The lowest BCUT2D eigenvalue weighted by Gasteiger charge is -2.31. The quantitative estimate of drug-likeness (QED) is 0.340. The number of rotatable bonds is 5. The standard InChI is InChI=1S/C31H35N3OS/c35-30-29(36-31(32-25-14-6-2-7-15-25)34(30)26-16-8-3-9-17-26)20-24-22-33(21-23-12-4-1-5-13-23)28-19-11-10-18-27(24)28/h1,4-5,10-13,18-20,22,25-26H,2-3,6-9,14-17,21H2. The van der Waals surface area contributed by atoms with Crippen molar-refractivity contribution < 1.29 is 4.79 Å². The number of amides is 1. The summed E-state index contributed by atoms with van der Waals surface area (Å²) in [5, 5.41) is 2.15. The molecule has 0 atom stereocenters. The van der Waals surface area contributed by atoms with Gasteiger partial charge >= 0.3 is 0 Å². The lowest BCUT2D eigenvalue weighted by Crippen LogP contribution is -2.41. The van der Waals surface area contributed by atoms with Crippen LogP contribution in [0.15, 0.2) is 70.7 Å². The molecular weight excluding hydrogens is 462 g/mol. The van der Waals surface area contributed by atoms with Crippen LogP contribution in [0, 0.1) is 0 Å². The van der Waals surface area contributed by atoms with Gasteiger partial charge in [-0.25, -0.2) is 0 Å². The van der Waals surface area contributed by atoms with E-state index in [1.54, 1.807) is 11.8 Å². The summed E-state index contributed by atoms with van der Waals surface area (Å²) in [5.74, 6) is 0.154. The molecule has 186 valence electrons. The highest BCUT2D eigenvalue weighted by molar-refractivity contribution is 8.18. The number of para-hydroxylation sites is 1. The van der Waals surface area contributed by atoms with Crippen molar-refractivity contribution in [3.63, 3.8) is 0 Å². The van der Waals surface area contributed by atoms with E-state index in [1.807, 2.05) is 0 Å². The van der Waals surface area contributed by atoms with E-state index in [1.165, 1.54) is 55.0 Å². The molecule has 0 bridgehead atoms. The fourth-order valence-electron chi connectivity index (χ4n) is 6.05. The van der Waals surface area contributed by atoms with Crippen molar-refractivity contribution in [3.8, 4) is 0 Å². The van der Waals surface area contributed by atoms with Gasteiger partial charge in [0.1, 0.15) is 0 Å². The summed E-state index contributed by atoms with van der Waals surface area (Å²) >= 11 is 1.61. The number of benzene rings is 2. The molecule has 0 spiro atoms. The number of amidine groups is 1. The van der Waals surface area contributed by atoms with Crippen LogP contribution in [0.5, 0.6) is 0 Å². The molecular formula is C31H35N3OS. The van der Waals surface area contributed by atoms with Crippen LogP contribution in [0.25, 0.3) is 17.0 Å². The number of aromatic nitrogens is 1. The van der Waals surface area contributed by atoms with E-state index in [-0.39, 0.29) is 5.91 Å². The van der Waals surface area contributed by atoms with Crippen LogP contribution < -0.4 is 0 Å². The Labute approximate surface area is 218 Å². The molecule has 6 rings (SSSR count). The monoisotopic (exact) mass is 497 g/mol. The van der Waals surface area contributed by atoms with Crippen LogP contribution in [-0.4, -0.2) is 32.6 Å². The van der Waals surface area contributed by atoms with Crippen molar-refractivity contribution in [3.05, 3.63) is 76.8 Å². The summed E-state index contributed by atoms with van der Waals surface area (Å²) in [6, 6.07) is 19.8. The first-order chi connectivity index (χ1) is 17.8. The summed E-state index contributed by atoms with van der Waals surface area (Å²) in [4.78, 5) is 21.9. The van der Waals surface area contributed by atoms with E-state index >= 15 is 0 Å². The van der Waals surface area contributed by atoms with Crippen molar-refractivity contribution in [2.24, 2.45) is 4.99 Å². The normalized spacial score (nSPS) is 22.3. The Kier molecular flexibility index (Phi) is 7.00. The highest BCUT2D eigenvalue weighted by Gasteiger charge is 2.39. The van der Waals surface area contributed by atoms with Crippen LogP contribution in [0.2, 0.25) is 0 Å². The Morgan fingerprint density at radius 3 is 2.33 bits per heavy atom. The van der Waals surface area contributed by atoms with Gasteiger partial charge in [0.05, 0.1) is 10.9 Å². The molecule has 36 heavy (non-hydrogen) atoms. The van der Waals surface area contributed by atoms with Crippen molar-refractivity contribution in [2.75, 3.05) is 0 Å². The van der Waals surface area contributed by atoms with Gasteiger partial charge in [-0.15, -0.1) is 0 Å². The molecule has 1 aliphatic heterocycles. The van der Waals surface area contributed by atoms with E-state index in [0.717, 1.165) is 47.9 Å². The Balaban J connectivity index is 1.35. The van der Waals surface area contributed by atoms with Gasteiger partial charge in [-0.1, -0.05) is 87.1 Å². The van der Waals surface area contributed by atoms with Gasteiger partial charge in [-0.3, -0.25) is 14.7 Å². The van der Waals surface area contributed by atoms with Crippen molar-refractivity contribution in [1.29, 1.82) is 0 Å². The summed E-state index contributed by atoms with van der Waals surface area (Å²) in [5.41, 5.74) is 3.58. The predicted molar refractivity (Wildman–Crippen MR) is 151 cm³/mol. The Morgan fingerprint density at radius 2 is 1.56 bits per heavy atom. The smallest absolute Gasteiger partial charge is 0.267 e. The minimum atomic E-state index is 0.154. The second-order valence-electron chi connectivity index (χ2n) is 10.5. The zero-order valence-electron chi connectivity index (χ0n) is 20.9. The maximum atomic E-state index is 13.8. The maximum Gasteiger partial charge on any atom is 0.267 e. The van der Waals surface area contributed by atoms with E-state index in [2.05, 4.69) is 76.3 Å². The molecule has 2 saturated carbocycles. The fourth-order valence-corrected chi connectivity index (χ4v) is 7.15. The third kappa shape index (κ3) is 4.90. The molecule has 3 fully saturated rings. The Hall–Kier alpha value is -2.79. The number of carbonyl (C=O) groups is 1. The minimum Gasteiger partial charge on any atom is -0.342 e. The summed E-state index contributed by atoms with van der Waals surface area (Å²) < 4.78 is 2.30. The maximum absolute atomic E-state index is 13.8. The van der Waals surface area contributed by atoms with Crippen molar-refractivity contribution in [2.45, 2.75) is 82.8 Å². The SMILES string of the molecule is O=C1C(=Cc2cn(Cc3ccccc3)c3ccccc23)SC(=NC2CCCCC2)N1C1CCCCC1. The van der Waals surface area contributed by atoms with Crippen molar-refractivity contribution in [1.82, 2.24) is 9.47 Å². The van der Waals surface area contributed by atoms with E-state index in [9.17, 15) is 4.79 Å². The first kappa shape index (κ1) is 23.6. The van der Waals surface area contributed by atoms with Crippen LogP contribution in [0.4, 0.5) is 0 Å². The van der Waals surface area contributed by atoms with Crippen LogP contribution in [0.1, 0.15) is 75.3 Å². The summed E-state index contributed by atoms with van der Waals surface area (Å²) in [7, 11) is 0. The van der Waals surface area contributed by atoms with E-state index < -0.39 is 0 Å². The first-order valence-electron chi connectivity index (χ1n) is 13.7. The average molecular weight is 498 g/mol. The van der Waals surface area contributed by atoms with Gasteiger partial charge in [-0.05, 0) is 55.2 Å². The van der Waals surface area contributed by atoms with Gasteiger partial charge in [0.25, 0.3) is 5.91 Å². The topological polar surface area (TPSA) is 37.6 Å². The van der Waals surface area contributed by atoms with Crippen LogP contribution in [0.3, 0.4) is 0 Å². The predicted octanol–water partition coefficient (Wildman–Crippen LogP) is 7.63. The second-order valence-corrected chi connectivity index (χ2v) is 11.5. The van der Waals surface area contributed by atoms with Gasteiger partial charge in [0.15, 0.2) is 5.17 Å². The summed E-state index contributed by atoms with van der Waals surface area (Å²) in [6.07, 6.45) is 16.4. The number of aliphatic imine (C=N–C) groups is 1. The molecule has 3 aromatic rings. The largest absolute Gasteiger partial charge is 0.342 e. The number of hydrogen-bond donors (Lipinski definition) is 0. The molecule has 1 saturated heterocycles. The number of hydrogen-bond acceptors (Lipinski definition) is 3. The molecule has 2 heterocycles. The van der Waals surface area contributed by atoms with E-state index in [4.69, 9.17) is 4.99 Å². The lowest BCUT2D eigenvalue weighted by atomic mass is 9.94. The second kappa shape index (κ2) is 10.7. The van der Waals surface area contributed by atoms with Crippen molar-refractivity contribution >= 4 is 39.8 Å². The fraction of sp³-hybridized carbons (Fsp3) is 0.419. The van der Waals surface area contributed by atoms with Gasteiger partial charge in [0.2, 0.25) is 0 Å². The number of thioether (sulfide) groups is 1. The molecule has 0 radical (unpaired) electrons. The third-order valence-electron chi connectivity index (χ3n) is 7.95.